The van der Waals surface area contributed by atoms with Crippen molar-refractivity contribution in [1.82, 2.24) is 0 Å². The van der Waals surface area contributed by atoms with Crippen LogP contribution in [0.5, 0.6) is 0 Å². The van der Waals surface area contributed by atoms with E-state index in [9.17, 15) is 13.2 Å². The van der Waals surface area contributed by atoms with Gasteiger partial charge in [0.2, 0.25) is 0 Å². The van der Waals surface area contributed by atoms with E-state index in [0.717, 1.165) is 6.08 Å². The minimum Gasteiger partial charge on any atom is -0.481 e. The Hall–Kier alpha value is -0.880. The van der Waals surface area contributed by atoms with E-state index in [2.05, 4.69) is 6.58 Å². The molecule has 0 bridgehead atoms. The van der Waals surface area contributed by atoms with Gasteiger partial charge in [-0.2, -0.15) is 0 Å². The van der Waals surface area contributed by atoms with Crippen molar-refractivity contribution >= 4 is 15.8 Å². The first-order chi connectivity index (χ1) is 5.40. The van der Waals surface area contributed by atoms with Gasteiger partial charge in [-0.1, -0.05) is 6.08 Å². The monoisotopic (exact) mass is 193 g/mol. The molecule has 0 saturated carbocycles. The lowest BCUT2D eigenvalue weighted by Gasteiger charge is -2.05. The molecule has 12 heavy (non-hydrogen) atoms. The van der Waals surface area contributed by atoms with Crippen LogP contribution in [0.3, 0.4) is 0 Å². The third kappa shape index (κ3) is 3.49. The van der Waals surface area contributed by atoms with Crippen molar-refractivity contribution in [3.63, 3.8) is 0 Å². The molecule has 3 N–H and O–H groups in total. The molecule has 0 rings (SSSR count). The van der Waals surface area contributed by atoms with Gasteiger partial charge in [0.05, 0.1) is 12.2 Å². The first kappa shape index (κ1) is 11.1. The fraction of sp³-hybridized carbons (Fsp3) is 0.500. The number of nitrogens with two attached hydrogens (primary N) is 1. The van der Waals surface area contributed by atoms with Crippen LogP contribution in [0.25, 0.3) is 0 Å². The van der Waals surface area contributed by atoms with E-state index in [1.807, 2.05) is 0 Å². The highest BCUT2D eigenvalue weighted by atomic mass is 32.2. The third-order valence-electron chi connectivity index (χ3n) is 1.25. The second kappa shape index (κ2) is 4.22. The van der Waals surface area contributed by atoms with E-state index in [0.29, 0.717) is 0 Å². The average Bonchev–Trinajstić information content (AvgIpc) is 1.99. The van der Waals surface area contributed by atoms with Crippen molar-refractivity contribution in [2.24, 2.45) is 5.73 Å². The summed E-state index contributed by atoms with van der Waals surface area (Å²) in [4.78, 5) is 10.0. The van der Waals surface area contributed by atoms with Crippen LogP contribution in [0.1, 0.15) is 6.42 Å². The van der Waals surface area contributed by atoms with Gasteiger partial charge in [-0.05, 0) is 0 Å². The summed E-state index contributed by atoms with van der Waals surface area (Å²) in [6.07, 6.45) is 0.640. The highest BCUT2D eigenvalue weighted by Crippen LogP contribution is 1.99. The minimum atomic E-state index is -3.53. The number of carboxylic acid groups (broad SMARTS) is 1. The van der Waals surface area contributed by atoms with Gasteiger partial charge in [-0.15, -0.1) is 6.58 Å². The number of aliphatic carboxylic acids is 1. The molecule has 0 fully saturated rings. The van der Waals surface area contributed by atoms with E-state index in [1.54, 1.807) is 0 Å². The molecule has 70 valence electrons. The molecule has 0 aromatic rings. The topological polar surface area (TPSA) is 97.5 Å². The summed E-state index contributed by atoms with van der Waals surface area (Å²) in [7, 11) is -3.53. The highest BCUT2D eigenvalue weighted by molar-refractivity contribution is 7.92. The van der Waals surface area contributed by atoms with Gasteiger partial charge in [0.25, 0.3) is 0 Å². The van der Waals surface area contributed by atoms with Gasteiger partial charge in [0.15, 0.2) is 9.84 Å². The third-order valence-corrected chi connectivity index (χ3v) is 3.04. The summed E-state index contributed by atoms with van der Waals surface area (Å²) in [6, 6.07) is 0. The zero-order chi connectivity index (χ0) is 9.78. The van der Waals surface area contributed by atoms with Crippen LogP contribution in [0.4, 0.5) is 0 Å². The van der Waals surface area contributed by atoms with Gasteiger partial charge in [-0.3, -0.25) is 4.79 Å². The van der Waals surface area contributed by atoms with Crippen molar-refractivity contribution in [3.05, 3.63) is 12.7 Å². The van der Waals surface area contributed by atoms with Crippen molar-refractivity contribution in [3.8, 4) is 0 Å². The van der Waals surface area contributed by atoms with Gasteiger partial charge < -0.3 is 10.8 Å². The Morgan fingerprint density at radius 3 is 2.50 bits per heavy atom. The quantitative estimate of drug-likeness (QED) is 0.565. The molecular weight excluding hydrogens is 182 g/mol. The molecule has 1 atom stereocenters. The zero-order valence-electron chi connectivity index (χ0n) is 6.43. The summed E-state index contributed by atoms with van der Waals surface area (Å²) >= 11 is 0. The Kier molecular flexibility index (Phi) is 3.91. The van der Waals surface area contributed by atoms with Crippen molar-refractivity contribution in [1.29, 1.82) is 0 Å². The zero-order valence-corrected chi connectivity index (χ0v) is 7.25. The van der Waals surface area contributed by atoms with E-state index in [4.69, 9.17) is 10.8 Å². The molecular formula is C6H11NO4S. The number of hydrogen-bond donors (Lipinski definition) is 2. The summed E-state index contributed by atoms with van der Waals surface area (Å²) in [5, 5.41) is 7.03. The molecule has 1 unspecified atom stereocenters. The molecule has 0 saturated heterocycles. The molecule has 0 spiro atoms. The van der Waals surface area contributed by atoms with E-state index in [1.165, 1.54) is 0 Å². The van der Waals surface area contributed by atoms with Crippen LogP contribution in [-0.4, -0.2) is 30.6 Å². The first-order valence-electron chi connectivity index (χ1n) is 3.21. The van der Waals surface area contributed by atoms with Crippen molar-refractivity contribution in [2.45, 2.75) is 11.8 Å². The lowest BCUT2D eigenvalue weighted by atomic mass is 10.5. The van der Waals surface area contributed by atoms with Crippen molar-refractivity contribution < 1.29 is 18.3 Å². The Bertz CT molecular complexity index is 269. The maximum atomic E-state index is 11.0. The summed E-state index contributed by atoms with van der Waals surface area (Å²) in [5.41, 5.74) is 5.14. The molecule has 0 aliphatic heterocycles. The largest absolute Gasteiger partial charge is 0.481 e. The summed E-state index contributed by atoms with van der Waals surface area (Å²) in [6.45, 7) is 3.20. The SMILES string of the molecule is C=CC(N)S(=O)(=O)CCC(=O)O. The predicted molar refractivity (Wildman–Crippen MR) is 44.2 cm³/mol. The van der Waals surface area contributed by atoms with Crippen LogP contribution in [-0.2, 0) is 14.6 Å². The van der Waals surface area contributed by atoms with Crippen LogP contribution in [0.15, 0.2) is 12.7 Å². The Balaban J connectivity index is 4.24. The fourth-order valence-corrected chi connectivity index (χ4v) is 1.54. The second-order valence-electron chi connectivity index (χ2n) is 2.21. The molecule has 6 heteroatoms. The van der Waals surface area contributed by atoms with E-state index in [-0.39, 0.29) is 0 Å². The molecule has 0 heterocycles. The van der Waals surface area contributed by atoms with Crippen LogP contribution < -0.4 is 5.73 Å². The van der Waals surface area contributed by atoms with E-state index >= 15 is 0 Å². The number of rotatable bonds is 5. The molecule has 0 radical (unpaired) electrons. The number of carbonyl (C=O) groups is 1. The lowest BCUT2D eigenvalue weighted by Crippen LogP contribution is -2.31. The minimum absolute atomic E-state index is 0.427. The molecule has 0 aromatic carbocycles. The van der Waals surface area contributed by atoms with Crippen LogP contribution in [0.2, 0.25) is 0 Å². The second-order valence-corrected chi connectivity index (χ2v) is 4.49. The van der Waals surface area contributed by atoms with Gasteiger partial charge in [0, 0.05) is 0 Å². The van der Waals surface area contributed by atoms with Gasteiger partial charge >= 0.3 is 5.97 Å². The molecule has 0 aliphatic rings. The smallest absolute Gasteiger partial charge is 0.304 e. The van der Waals surface area contributed by atoms with E-state index < -0.39 is 33.4 Å². The summed E-state index contributed by atoms with van der Waals surface area (Å²) in [5.74, 6) is -1.61. The number of sulfone groups is 1. The molecule has 0 amide bonds. The number of hydrogen-bond acceptors (Lipinski definition) is 4. The molecule has 0 aliphatic carbocycles. The molecule has 5 nitrogen and oxygen atoms in total. The van der Waals surface area contributed by atoms with Crippen molar-refractivity contribution in [2.75, 3.05) is 5.75 Å². The first-order valence-corrected chi connectivity index (χ1v) is 4.93. The van der Waals surface area contributed by atoms with Crippen LogP contribution in [0, 0.1) is 0 Å². The van der Waals surface area contributed by atoms with Gasteiger partial charge in [-0.25, -0.2) is 8.42 Å². The fourth-order valence-electron chi connectivity index (χ4n) is 0.512. The Labute approximate surface area is 70.8 Å². The highest BCUT2D eigenvalue weighted by Gasteiger charge is 2.18. The average molecular weight is 193 g/mol. The van der Waals surface area contributed by atoms with Crippen LogP contribution >= 0.6 is 0 Å². The van der Waals surface area contributed by atoms with Gasteiger partial charge in [0.1, 0.15) is 5.37 Å². The Morgan fingerprint density at radius 2 is 2.17 bits per heavy atom. The normalized spacial score (nSPS) is 13.8. The lowest BCUT2D eigenvalue weighted by molar-refractivity contribution is -0.136. The maximum absolute atomic E-state index is 11.0. The Morgan fingerprint density at radius 1 is 1.67 bits per heavy atom. The predicted octanol–water partition coefficient (Wildman–Crippen LogP) is -0.653. The summed E-state index contributed by atoms with van der Waals surface area (Å²) < 4.78 is 22.0. The number of carboxylic acids is 1. The standard InChI is InChI=1S/C6H11NO4S/c1-2-5(7)12(10,11)4-3-6(8)9/h2,5H,1,3-4,7H2,(H,8,9). The maximum Gasteiger partial charge on any atom is 0.304 e. The molecule has 0 aromatic heterocycles.